The number of fused-ring (bicyclic) bond motifs is 1. The molecule has 28 heavy (non-hydrogen) atoms. The highest BCUT2D eigenvalue weighted by molar-refractivity contribution is 6.07. The second-order valence-corrected chi connectivity index (χ2v) is 9.16. The Hall–Kier alpha value is -2.86. The molecule has 0 saturated heterocycles. The maximum Gasteiger partial charge on any atom is 0.0318 e. The summed E-state index contributed by atoms with van der Waals surface area (Å²) >= 11 is 0. The Bertz CT molecular complexity index is 1320. The quantitative estimate of drug-likeness (QED) is 0.478. The highest BCUT2D eigenvalue weighted by atomic mass is 14.6. The van der Waals surface area contributed by atoms with Gasteiger partial charge in [0.2, 0.25) is 0 Å². The van der Waals surface area contributed by atoms with Crippen LogP contribution in [0.25, 0.3) is 21.9 Å². The van der Waals surface area contributed by atoms with Gasteiger partial charge in [-0.2, -0.15) is 0 Å². The van der Waals surface area contributed by atoms with E-state index < -0.39 is 0 Å². The SMILES string of the molecule is C[C@]12C3=CC=CC1=CC=C1c4ccc5cccc6c5c4C(=C(C=C3)[C@]12C)CC6. The van der Waals surface area contributed by atoms with Crippen molar-refractivity contribution in [1.29, 1.82) is 0 Å². The van der Waals surface area contributed by atoms with Crippen LogP contribution in [-0.2, 0) is 6.42 Å². The van der Waals surface area contributed by atoms with E-state index >= 15 is 0 Å². The fourth-order valence-corrected chi connectivity index (χ4v) is 6.76. The maximum absolute atomic E-state index is 2.50. The Morgan fingerprint density at radius 2 is 1.68 bits per heavy atom. The fourth-order valence-electron chi connectivity index (χ4n) is 6.76. The highest BCUT2D eigenvalue weighted by Gasteiger charge is 2.58. The van der Waals surface area contributed by atoms with E-state index in [2.05, 4.69) is 86.7 Å². The summed E-state index contributed by atoms with van der Waals surface area (Å²) in [4.78, 5) is 0. The molecule has 0 bridgehead atoms. The van der Waals surface area contributed by atoms with Crippen molar-refractivity contribution < 1.29 is 0 Å². The van der Waals surface area contributed by atoms with E-state index in [1.165, 1.54) is 44.2 Å². The summed E-state index contributed by atoms with van der Waals surface area (Å²) in [5.74, 6) is 0. The van der Waals surface area contributed by atoms with E-state index in [1.807, 2.05) is 0 Å². The summed E-state index contributed by atoms with van der Waals surface area (Å²) in [6.45, 7) is 4.96. The molecule has 0 saturated carbocycles. The number of benzene rings is 2. The van der Waals surface area contributed by atoms with E-state index in [1.54, 1.807) is 11.1 Å². The number of hydrogen-bond acceptors (Lipinski definition) is 0. The van der Waals surface area contributed by atoms with Crippen LogP contribution in [-0.4, -0.2) is 0 Å². The molecule has 0 unspecified atom stereocenters. The van der Waals surface area contributed by atoms with Crippen molar-refractivity contribution in [2.24, 2.45) is 10.8 Å². The van der Waals surface area contributed by atoms with E-state index in [0.29, 0.717) is 0 Å². The molecule has 2 aromatic rings. The molecule has 0 spiro atoms. The molecule has 0 fully saturated rings. The molecule has 134 valence electrons. The fraction of sp³-hybridized carbons (Fsp3) is 0.214. The van der Waals surface area contributed by atoms with Crippen LogP contribution in [0.3, 0.4) is 0 Å². The summed E-state index contributed by atoms with van der Waals surface area (Å²) in [6.07, 6.45) is 18.8. The molecular formula is C28H22. The normalized spacial score (nSPS) is 30.7. The van der Waals surface area contributed by atoms with Gasteiger partial charge >= 0.3 is 0 Å². The molecule has 0 nitrogen and oxygen atoms in total. The molecule has 2 atom stereocenters. The standard InChI is InChI=1S/C28H22/c1-27-19-7-4-8-20(27)12-16-24-22-14-10-18-6-3-5-17-9-13-21(26(22)25(17)18)23(15-11-19)28(24,27)2/h3-9,11-13,15-16H,10,14H2,1-2H3/t27-,28+/m1/s1. The third kappa shape index (κ3) is 1.40. The van der Waals surface area contributed by atoms with Crippen LogP contribution in [0.1, 0.15) is 37.0 Å². The van der Waals surface area contributed by atoms with Crippen LogP contribution in [0.15, 0.2) is 89.6 Å². The molecule has 0 radical (unpaired) electrons. The van der Waals surface area contributed by atoms with Crippen molar-refractivity contribution in [3.63, 3.8) is 0 Å². The first-order chi connectivity index (χ1) is 13.6. The van der Waals surface area contributed by atoms with Gasteiger partial charge in [0, 0.05) is 10.8 Å². The minimum absolute atomic E-state index is 0.00648. The average molecular weight is 358 g/mol. The molecule has 5 aliphatic carbocycles. The lowest BCUT2D eigenvalue weighted by Crippen LogP contribution is -2.47. The van der Waals surface area contributed by atoms with Gasteiger partial charge in [0.25, 0.3) is 0 Å². The zero-order chi connectivity index (χ0) is 18.7. The Kier molecular flexibility index (Phi) is 2.47. The van der Waals surface area contributed by atoms with Crippen LogP contribution in [0.2, 0.25) is 0 Å². The van der Waals surface area contributed by atoms with Crippen molar-refractivity contribution in [2.75, 3.05) is 0 Å². The zero-order valence-electron chi connectivity index (χ0n) is 16.3. The van der Waals surface area contributed by atoms with E-state index in [4.69, 9.17) is 0 Å². The Morgan fingerprint density at radius 1 is 0.786 bits per heavy atom. The molecule has 5 aliphatic rings. The van der Waals surface area contributed by atoms with E-state index in [-0.39, 0.29) is 10.8 Å². The van der Waals surface area contributed by atoms with Gasteiger partial charge < -0.3 is 0 Å². The lowest BCUT2D eigenvalue weighted by Gasteiger charge is -2.58. The van der Waals surface area contributed by atoms with Crippen LogP contribution in [0.4, 0.5) is 0 Å². The number of aryl methyl sites for hydroxylation is 1. The number of hydrogen-bond donors (Lipinski definition) is 0. The van der Waals surface area contributed by atoms with Crippen LogP contribution in [0.5, 0.6) is 0 Å². The van der Waals surface area contributed by atoms with Gasteiger partial charge in [-0.3, -0.25) is 0 Å². The van der Waals surface area contributed by atoms with Crippen molar-refractivity contribution in [1.82, 2.24) is 0 Å². The molecule has 2 aromatic carbocycles. The predicted octanol–water partition coefficient (Wildman–Crippen LogP) is 6.96. The van der Waals surface area contributed by atoms with Gasteiger partial charge in [-0.1, -0.05) is 86.7 Å². The molecule has 0 amide bonds. The maximum atomic E-state index is 2.50. The lowest BCUT2D eigenvalue weighted by molar-refractivity contribution is 0.276. The summed E-state index contributed by atoms with van der Waals surface area (Å²) in [5.41, 5.74) is 12.0. The Morgan fingerprint density at radius 3 is 2.61 bits per heavy atom. The summed E-state index contributed by atoms with van der Waals surface area (Å²) in [5, 5.41) is 2.88. The Labute approximate surface area is 166 Å². The predicted molar refractivity (Wildman–Crippen MR) is 118 cm³/mol. The highest BCUT2D eigenvalue weighted by Crippen LogP contribution is 2.69. The molecule has 0 aromatic heterocycles. The van der Waals surface area contributed by atoms with Gasteiger partial charge in [-0.15, -0.1) is 0 Å². The van der Waals surface area contributed by atoms with Crippen LogP contribution >= 0.6 is 0 Å². The Balaban J connectivity index is 1.72. The third-order valence-electron chi connectivity index (χ3n) is 8.34. The molecule has 0 heteroatoms. The smallest absolute Gasteiger partial charge is 0.0318 e. The number of rotatable bonds is 0. The summed E-state index contributed by atoms with van der Waals surface area (Å²) < 4.78 is 0. The van der Waals surface area contributed by atoms with Crippen LogP contribution < -0.4 is 0 Å². The van der Waals surface area contributed by atoms with Gasteiger partial charge in [0.15, 0.2) is 0 Å². The van der Waals surface area contributed by atoms with E-state index in [0.717, 1.165) is 12.8 Å². The largest absolute Gasteiger partial charge is 0.0617 e. The van der Waals surface area contributed by atoms with Crippen molar-refractivity contribution in [2.45, 2.75) is 26.7 Å². The molecule has 0 aliphatic heterocycles. The molecule has 0 N–H and O–H groups in total. The van der Waals surface area contributed by atoms with Gasteiger partial charge in [-0.05, 0) is 68.2 Å². The van der Waals surface area contributed by atoms with Gasteiger partial charge in [0.1, 0.15) is 0 Å². The van der Waals surface area contributed by atoms with Gasteiger partial charge in [-0.25, -0.2) is 0 Å². The van der Waals surface area contributed by atoms with Crippen molar-refractivity contribution >= 4 is 21.9 Å². The zero-order valence-corrected chi connectivity index (χ0v) is 16.3. The minimum Gasteiger partial charge on any atom is -0.0617 e. The molecule has 0 heterocycles. The monoisotopic (exact) mass is 358 g/mol. The third-order valence-corrected chi connectivity index (χ3v) is 8.34. The first kappa shape index (κ1) is 15.1. The van der Waals surface area contributed by atoms with Crippen LogP contribution in [0, 0.1) is 10.8 Å². The number of allylic oxidation sites excluding steroid dienone is 12. The van der Waals surface area contributed by atoms with Crippen molar-refractivity contribution in [3.05, 3.63) is 106 Å². The average Bonchev–Trinajstić information content (AvgIpc) is 2.71. The summed E-state index contributed by atoms with van der Waals surface area (Å²) in [6, 6.07) is 11.6. The minimum atomic E-state index is -0.00921. The second-order valence-electron chi connectivity index (χ2n) is 9.16. The topological polar surface area (TPSA) is 0 Å². The first-order valence-corrected chi connectivity index (χ1v) is 10.4. The molecule has 7 rings (SSSR count). The summed E-state index contributed by atoms with van der Waals surface area (Å²) in [7, 11) is 0. The van der Waals surface area contributed by atoms with Crippen molar-refractivity contribution in [3.8, 4) is 0 Å². The van der Waals surface area contributed by atoms with Gasteiger partial charge in [0.05, 0.1) is 0 Å². The molecular weight excluding hydrogens is 336 g/mol. The van der Waals surface area contributed by atoms with E-state index in [9.17, 15) is 0 Å². The first-order valence-electron chi connectivity index (χ1n) is 10.4. The lowest BCUT2D eigenvalue weighted by atomic mass is 9.44. The second kappa shape index (κ2) is 4.58.